The SMILES string of the molecule is Cc1ccc(S(=O)(=O)NC(C)(C)CC(C)(C)C)c(N)c1. The first-order valence-electron chi connectivity index (χ1n) is 6.73. The summed E-state index contributed by atoms with van der Waals surface area (Å²) in [5, 5.41) is 0. The Balaban J connectivity index is 3.06. The first-order valence-corrected chi connectivity index (χ1v) is 8.21. The monoisotopic (exact) mass is 298 g/mol. The molecule has 1 aromatic rings. The van der Waals surface area contributed by atoms with E-state index in [1.165, 1.54) is 0 Å². The van der Waals surface area contributed by atoms with Gasteiger partial charge in [0.05, 0.1) is 5.69 Å². The van der Waals surface area contributed by atoms with Gasteiger partial charge in [0.25, 0.3) is 0 Å². The van der Waals surface area contributed by atoms with Crippen molar-refractivity contribution in [1.29, 1.82) is 0 Å². The summed E-state index contributed by atoms with van der Waals surface area (Å²) in [5.41, 5.74) is 6.56. The molecule has 0 atom stereocenters. The molecule has 0 unspecified atom stereocenters. The number of nitrogen functional groups attached to an aromatic ring is 1. The number of aryl methyl sites for hydroxylation is 1. The van der Waals surface area contributed by atoms with Gasteiger partial charge in [0.2, 0.25) is 10.0 Å². The van der Waals surface area contributed by atoms with E-state index < -0.39 is 15.6 Å². The first kappa shape index (κ1) is 17.0. The van der Waals surface area contributed by atoms with E-state index in [9.17, 15) is 8.42 Å². The van der Waals surface area contributed by atoms with Gasteiger partial charge >= 0.3 is 0 Å². The average Bonchev–Trinajstić information content (AvgIpc) is 2.09. The van der Waals surface area contributed by atoms with E-state index in [1.54, 1.807) is 18.2 Å². The van der Waals surface area contributed by atoms with Crippen LogP contribution in [0.5, 0.6) is 0 Å². The minimum Gasteiger partial charge on any atom is -0.398 e. The van der Waals surface area contributed by atoms with E-state index in [0.717, 1.165) is 12.0 Å². The smallest absolute Gasteiger partial charge is 0.243 e. The standard InChI is InChI=1S/C15H26N2O2S/c1-11-7-8-13(12(16)9-11)20(18,19)17-15(5,6)10-14(2,3)4/h7-9,17H,10,16H2,1-6H3. The molecule has 4 nitrogen and oxygen atoms in total. The number of sulfonamides is 1. The van der Waals surface area contributed by atoms with Crippen molar-refractivity contribution in [3.05, 3.63) is 23.8 Å². The molecule has 1 rings (SSSR count). The highest BCUT2D eigenvalue weighted by atomic mass is 32.2. The number of hydrogen-bond acceptors (Lipinski definition) is 3. The molecule has 0 bridgehead atoms. The van der Waals surface area contributed by atoms with Crippen molar-refractivity contribution in [3.63, 3.8) is 0 Å². The van der Waals surface area contributed by atoms with Gasteiger partial charge in [0.15, 0.2) is 0 Å². The van der Waals surface area contributed by atoms with E-state index in [0.29, 0.717) is 0 Å². The zero-order valence-corrected chi connectivity index (χ0v) is 14.1. The van der Waals surface area contributed by atoms with Crippen LogP contribution in [0.25, 0.3) is 0 Å². The highest BCUT2D eigenvalue weighted by Crippen LogP contribution is 2.29. The van der Waals surface area contributed by atoms with Gasteiger partial charge in [-0.1, -0.05) is 26.8 Å². The Labute approximate surface area is 122 Å². The molecule has 3 N–H and O–H groups in total. The lowest BCUT2D eigenvalue weighted by Gasteiger charge is -2.33. The number of anilines is 1. The van der Waals surface area contributed by atoms with Gasteiger partial charge in [-0.15, -0.1) is 0 Å². The lowest BCUT2D eigenvalue weighted by atomic mass is 9.82. The minimum absolute atomic E-state index is 0.0326. The molecule has 0 amide bonds. The molecule has 0 saturated heterocycles. The second kappa shape index (κ2) is 5.37. The highest BCUT2D eigenvalue weighted by molar-refractivity contribution is 7.89. The van der Waals surface area contributed by atoms with Crippen molar-refractivity contribution in [1.82, 2.24) is 4.72 Å². The summed E-state index contributed by atoms with van der Waals surface area (Å²) in [6.07, 6.45) is 0.727. The maximum Gasteiger partial charge on any atom is 0.243 e. The van der Waals surface area contributed by atoms with Gasteiger partial charge in [-0.2, -0.15) is 0 Å². The normalized spacial score (nSPS) is 13.5. The Hall–Kier alpha value is -1.07. The third-order valence-electron chi connectivity index (χ3n) is 2.84. The minimum atomic E-state index is -3.61. The molecular weight excluding hydrogens is 272 g/mol. The van der Waals surface area contributed by atoms with Crippen LogP contribution in [0.3, 0.4) is 0 Å². The van der Waals surface area contributed by atoms with E-state index in [1.807, 2.05) is 20.8 Å². The van der Waals surface area contributed by atoms with Crippen LogP contribution in [0.4, 0.5) is 5.69 Å². The number of nitrogens with two attached hydrogens (primary N) is 1. The number of nitrogens with one attached hydrogen (secondary N) is 1. The summed E-state index contributed by atoms with van der Waals surface area (Å²) >= 11 is 0. The van der Waals surface area contributed by atoms with Crippen molar-refractivity contribution >= 4 is 15.7 Å². The Bertz CT molecular complexity index is 584. The molecule has 5 heteroatoms. The second-order valence-corrected chi connectivity index (χ2v) is 8.92. The van der Waals surface area contributed by atoms with Gasteiger partial charge in [-0.25, -0.2) is 13.1 Å². The van der Waals surface area contributed by atoms with Gasteiger partial charge in [0.1, 0.15) is 4.90 Å². The van der Waals surface area contributed by atoms with Crippen molar-refractivity contribution < 1.29 is 8.42 Å². The molecule has 0 aliphatic heterocycles. The molecule has 0 saturated carbocycles. The third kappa shape index (κ3) is 4.80. The molecule has 114 valence electrons. The Kier molecular flexibility index (Phi) is 4.56. The zero-order valence-electron chi connectivity index (χ0n) is 13.2. The van der Waals surface area contributed by atoms with E-state index in [-0.39, 0.29) is 16.0 Å². The van der Waals surface area contributed by atoms with E-state index in [2.05, 4.69) is 25.5 Å². The zero-order chi connectivity index (χ0) is 15.8. The maximum atomic E-state index is 12.5. The Morgan fingerprint density at radius 1 is 1.15 bits per heavy atom. The fraction of sp³-hybridized carbons (Fsp3) is 0.600. The summed E-state index contributed by atoms with van der Waals surface area (Å²) in [5.74, 6) is 0. The van der Waals surface area contributed by atoms with Crippen molar-refractivity contribution in [2.45, 2.75) is 58.4 Å². The van der Waals surface area contributed by atoms with Gasteiger partial charge in [-0.3, -0.25) is 0 Å². The molecular formula is C15H26N2O2S. The molecule has 1 aromatic carbocycles. The molecule has 0 fully saturated rings. The van der Waals surface area contributed by atoms with Crippen LogP contribution >= 0.6 is 0 Å². The third-order valence-corrected chi connectivity index (χ3v) is 4.61. The highest BCUT2D eigenvalue weighted by Gasteiger charge is 2.31. The summed E-state index contributed by atoms with van der Waals surface area (Å²) in [6.45, 7) is 11.9. The van der Waals surface area contributed by atoms with Gasteiger partial charge < -0.3 is 5.73 Å². The fourth-order valence-corrected chi connectivity index (χ4v) is 4.22. The molecule has 0 radical (unpaired) electrons. The fourth-order valence-electron chi connectivity index (χ4n) is 2.69. The quantitative estimate of drug-likeness (QED) is 0.839. The van der Waals surface area contributed by atoms with Crippen molar-refractivity contribution in [3.8, 4) is 0 Å². The lowest BCUT2D eigenvalue weighted by molar-refractivity contribution is 0.269. The van der Waals surface area contributed by atoms with Crippen LogP contribution < -0.4 is 10.5 Å². The Morgan fingerprint density at radius 2 is 1.70 bits per heavy atom. The predicted molar refractivity (Wildman–Crippen MR) is 84.1 cm³/mol. The van der Waals surface area contributed by atoms with Crippen LogP contribution in [-0.2, 0) is 10.0 Å². The van der Waals surface area contributed by atoms with Crippen LogP contribution in [0.15, 0.2) is 23.1 Å². The van der Waals surface area contributed by atoms with Gasteiger partial charge in [-0.05, 0) is 50.3 Å². The molecule has 20 heavy (non-hydrogen) atoms. The van der Waals surface area contributed by atoms with Crippen molar-refractivity contribution in [2.75, 3.05) is 5.73 Å². The number of benzene rings is 1. The molecule has 0 aliphatic rings. The van der Waals surface area contributed by atoms with Crippen LogP contribution in [0, 0.1) is 12.3 Å². The number of rotatable bonds is 4. The van der Waals surface area contributed by atoms with Gasteiger partial charge in [0, 0.05) is 5.54 Å². The first-order chi connectivity index (χ1) is 8.82. The molecule has 0 spiro atoms. The maximum absolute atomic E-state index is 12.5. The molecule has 0 heterocycles. The van der Waals surface area contributed by atoms with E-state index >= 15 is 0 Å². The van der Waals surface area contributed by atoms with E-state index in [4.69, 9.17) is 5.73 Å². The molecule has 0 aliphatic carbocycles. The summed E-state index contributed by atoms with van der Waals surface area (Å²) in [4.78, 5) is 0.144. The van der Waals surface area contributed by atoms with Crippen LogP contribution in [0.2, 0.25) is 0 Å². The lowest BCUT2D eigenvalue weighted by Crippen LogP contribution is -2.45. The predicted octanol–water partition coefficient (Wildman–Crippen LogP) is 3.07. The topological polar surface area (TPSA) is 72.2 Å². The largest absolute Gasteiger partial charge is 0.398 e. The summed E-state index contributed by atoms with van der Waals surface area (Å²) < 4.78 is 27.7. The summed E-state index contributed by atoms with van der Waals surface area (Å²) in [7, 11) is -3.61. The van der Waals surface area contributed by atoms with Crippen LogP contribution in [0.1, 0.15) is 46.6 Å². The van der Waals surface area contributed by atoms with Crippen molar-refractivity contribution in [2.24, 2.45) is 5.41 Å². The average molecular weight is 298 g/mol. The molecule has 0 aromatic heterocycles. The second-order valence-electron chi connectivity index (χ2n) is 7.27. The summed E-state index contributed by atoms with van der Waals surface area (Å²) in [6, 6.07) is 4.98. The van der Waals surface area contributed by atoms with Crippen LogP contribution in [-0.4, -0.2) is 14.0 Å². The number of hydrogen-bond donors (Lipinski definition) is 2. The Morgan fingerprint density at radius 3 is 2.15 bits per heavy atom.